The van der Waals surface area contributed by atoms with Crippen LogP contribution in [0.2, 0.25) is 0 Å². The van der Waals surface area contributed by atoms with Crippen molar-refractivity contribution < 1.29 is 19.1 Å². The highest BCUT2D eigenvalue weighted by atomic mass is 16.6. The van der Waals surface area contributed by atoms with E-state index in [2.05, 4.69) is 10.6 Å². The Bertz CT molecular complexity index is 531. The van der Waals surface area contributed by atoms with Gasteiger partial charge in [-0.15, -0.1) is 0 Å². The lowest BCUT2D eigenvalue weighted by atomic mass is 10.0. The van der Waals surface area contributed by atoms with Crippen LogP contribution in [0, 0.1) is 5.92 Å². The summed E-state index contributed by atoms with van der Waals surface area (Å²) in [5, 5.41) is 5.49. The molecule has 0 heterocycles. The van der Waals surface area contributed by atoms with Crippen molar-refractivity contribution in [2.45, 2.75) is 59.4 Å². The smallest absolute Gasteiger partial charge is 0.408 e. The van der Waals surface area contributed by atoms with E-state index in [-0.39, 0.29) is 24.0 Å². The van der Waals surface area contributed by atoms with Crippen LogP contribution in [0.15, 0.2) is 30.3 Å². The third-order valence-corrected chi connectivity index (χ3v) is 3.43. The van der Waals surface area contributed by atoms with Gasteiger partial charge in [0.15, 0.2) is 0 Å². The van der Waals surface area contributed by atoms with Crippen molar-refractivity contribution in [2.24, 2.45) is 5.92 Å². The minimum absolute atomic E-state index is 0.0582. The lowest BCUT2D eigenvalue weighted by Gasteiger charge is -2.24. The first-order valence-electron chi connectivity index (χ1n) is 8.68. The van der Waals surface area contributed by atoms with Gasteiger partial charge in [-0.2, -0.15) is 0 Å². The fourth-order valence-corrected chi connectivity index (χ4v) is 2.21. The van der Waals surface area contributed by atoms with Gasteiger partial charge in [-0.1, -0.05) is 44.2 Å². The second-order valence-corrected chi connectivity index (χ2v) is 6.73. The number of carbonyl (C=O) groups is 2. The number of alkyl carbamates (subject to hydrolysis) is 1. The summed E-state index contributed by atoms with van der Waals surface area (Å²) >= 11 is 0. The number of hydrogen-bond acceptors (Lipinski definition) is 4. The maximum absolute atomic E-state index is 12.4. The lowest BCUT2D eigenvalue weighted by molar-refractivity contribution is -0.125. The molecule has 0 spiro atoms. The van der Waals surface area contributed by atoms with E-state index < -0.39 is 12.1 Å². The molecule has 1 rings (SSSR count). The molecule has 0 aliphatic heterocycles. The van der Waals surface area contributed by atoms with Crippen molar-refractivity contribution in [1.82, 2.24) is 10.6 Å². The first-order chi connectivity index (χ1) is 11.8. The number of nitrogens with one attached hydrogen (secondary N) is 2. The van der Waals surface area contributed by atoms with E-state index >= 15 is 0 Å². The van der Waals surface area contributed by atoms with E-state index in [4.69, 9.17) is 9.47 Å². The summed E-state index contributed by atoms with van der Waals surface area (Å²) in [4.78, 5) is 24.2. The molecule has 2 N–H and O–H groups in total. The molecule has 2 atom stereocenters. The number of amides is 2. The van der Waals surface area contributed by atoms with Gasteiger partial charge in [0, 0.05) is 6.04 Å². The van der Waals surface area contributed by atoms with Gasteiger partial charge in [-0.05, 0) is 32.3 Å². The monoisotopic (exact) mass is 350 g/mol. The fourth-order valence-electron chi connectivity index (χ4n) is 2.21. The van der Waals surface area contributed by atoms with Crippen LogP contribution in [0.3, 0.4) is 0 Å². The minimum atomic E-state index is -0.650. The third-order valence-electron chi connectivity index (χ3n) is 3.43. The highest BCUT2D eigenvalue weighted by Gasteiger charge is 2.26. The van der Waals surface area contributed by atoms with E-state index in [1.54, 1.807) is 13.8 Å². The van der Waals surface area contributed by atoms with E-state index in [1.165, 1.54) is 0 Å². The van der Waals surface area contributed by atoms with E-state index in [0.29, 0.717) is 13.2 Å². The number of ether oxygens (including phenoxy) is 2. The standard InChI is InChI=1S/C19H30N2O4/c1-13(2)17(21-19(23)25-14(3)4)18(22)20-15(5)11-24-12-16-9-7-6-8-10-16/h6-10,13-15,17H,11-12H2,1-5H3,(H,20,22)(H,21,23). The maximum Gasteiger partial charge on any atom is 0.408 e. The highest BCUT2D eigenvalue weighted by Crippen LogP contribution is 2.05. The van der Waals surface area contributed by atoms with Crippen LogP contribution in [0.5, 0.6) is 0 Å². The molecule has 25 heavy (non-hydrogen) atoms. The zero-order valence-electron chi connectivity index (χ0n) is 15.7. The molecule has 0 aliphatic carbocycles. The van der Waals surface area contributed by atoms with Crippen molar-refractivity contribution in [3.8, 4) is 0 Å². The summed E-state index contributed by atoms with van der Waals surface area (Å²) < 4.78 is 10.7. The van der Waals surface area contributed by atoms with Gasteiger partial charge in [0.05, 0.1) is 19.3 Å². The first-order valence-corrected chi connectivity index (χ1v) is 8.68. The van der Waals surface area contributed by atoms with Gasteiger partial charge in [0.1, 0.15) is 6.04 Å². The van der Waals surface area contributed by atoms with E-state index in [1.807, 2.05) is 51.1 Å². The van der Waals surface area contributed by atoms with E-state index in [9.17, 15) is 9.59 Å². The molecule has 0 aliphatic rings. The molecule has 6 nitrogen and oxygen atoms in total. The fraction of sp³-hybridized carbons (Fsp3) is 0.579. The second kappa shape index (κ2) is 10.7. The summed E-state index contributed by atoms with van der Waals surface area (Å²) in [5.74, 6) is -0.302. The van der Waals surface area contributed by atoms with Crippen LogP contribution < -0.4 is 10.6 Å². The average molecular weight is 350 g/mol. The van der Waals surface area contributed by atoms with Gasteiger partial charge >= 0.3 is 6.09 Å². The zero-order valence-corrected chi connectivity index (χ0v) is 15.7. The molecule has 0 aromatic heterocycles. The normalized spacial score (nSPS) is 13.4. The minimum Gasteiger partial charge on any atom is -0.447 e. The van der Waals surface area contributed by atoms with Gasteiger partial charge < -0.3 is 20.1 Å². The van der Waals surface area contributed by atoms with Gasteiger partial charge in [0.2, 0.25) is 5.91 Å². The van der Waals surface area contributed by atoms with Gasteiger partial charge in [0.25, 0.3) is 0 Å². The molecule has 1 aromatic carbocycles. The number of benzene rings is 1. The highest BCUT2D eigenvalue weighted by molar-refractivity contribution is 5.86. The Labute approximate surface area is 150 Å². The molecule has 2 unspecified atom stereocenters. The SMILES string of the molecule is CC(COCc1ccccc1)NC(=O)C(NC(=O)OC(C)C)C(C)C. The van der Waals surface area contributed by atoms with Crippen LogP contribution in [0.4, 0.5) is 4.79 Å². The average Bonchev–Trinajstić information content (AvgIpc) is 2.52. The molecule has 2 amide bonds. The molecular formula is C19H30N2O4. The van der Waals surface area contributed by atoms with Crippen molar-refractivity contribution in [3.05, 3.63) is 35.9 Å². The Morgan fingerprint density at radius 2 is 1.64 bits per heavy atom. The van der Waals surface area contributed by atoms with Crippen LogP contribution in [0.25, 0.3) is 0 Å². The largest absolute Gasteiger partial charge is 0.447 e. The number of carbonyl (C=O) groups excluding carboxylic acids is 2. The van der Waals surface area contributed by atoms with Crippen molar-refractivity contribution in [2.75, 3.05) is 6.61 Å². The van der Waals surface area contributed by atoms with Crippen LogP contribution >= 0.6 is 0 Å². The third kappa shape index (κ3) is 8.54. The summed E-state index contributed by atoms with van der Waals surface area (Å²) in [6.45, 7) is 10.0. The summed E-state index contributed by atoms with van der Waals surface area (Å²) in [7, 11) is 0. The lowest BCUT2D eigenvalue weighted by Crippen LogP contribution is -2.52. The second-order valence-electron chi connectivity index (χ2n) is 6.73. The predicted molar refractivity (Wildman–Crippen MR) is 97.1 cm³/mol. The maximum atomic E-state index is 12.4. The molecular weight excluding hydrogens is 320 g/mol. The van der Waals surface area contributed by atoms with Gasteiger partial charge in [-0.25, -0.2) is 4.79 Å². The quantitative estimate of drug-likeness (QED) is 0.718. The Kier molecular flexibility index (Phi) is 8.99. The summed E-state index contributed by atoms with van der Waals surface area (Å²) in [5.41, 5.74) is 1.08. The zero-order chi connectivity index (χ0) is 18.8. The van der Waals surface area contributed by atoms with Crippen LogP contribution in [0.1, 0.15) is 40.2 Å². The number of hydrogen-bond donors (Lipinski definition) is 2. The summed E-state index contributed by atoms with van der Waals surface area (Å²) in [6.07, 6.45) is -0.821. The Balaban J connectivity index is 2.42. The molecule has 0 radical (unpaired) electrons. The molecule has 0 saturated heterocycles. The molecule has 140 valence electrons. The Morgan fingerprint density at radius 3 is 2.20 bits per heavy atom. The molecule has 0 saturated carbocycles. The Hall–Kier alpha value is -2.08. The Morgan fingerprint density at radius 1 is 1.00 bits per heavy atom. The van der Waals surface area contributed by atoms with Crippen molar-refractivity contribution in [1.29, 1.82) is 0 Å². The molecule has 0 bridgehead atoms. The van der Waals surface area contributed by atoms with E-state index in [0.717, 1.165) is 5.56 Å². The van der Waals surface area contributed by atoms with Crippen molar-refractivity contribution in [3.63, 3.8) is 0 Å². The number of rotatable bonds is 9. The van der Waals surface area contributed by atoms with Crippen LogP contribution in [-0.2, 0) is 20.9 Å². The predicted octanol–water partition coefficient (Wildman–Crippen LogP) is 2.87. The summed E-state index contributed by atoms with van der Waals surface area (Å²) in [6, 6.07) is 9.03. The molecule has 6 heteroatoms. The van der Waals surface area contributed by atoms with Gasteiger partial charge in [-0.3, -0.25) is 4.79 Å². The first kappa shape index (κ1) is 21.0. The van der Waals surface area contributed by atoms with Crippen molar-refractivity contribution >= 4 is 12.0 Å². The molecule has 1 aromatic rings. The molecule has 0 fully saturated rings. The topological polar surface area (TPSA) is 76.7 Å². The van der Waals surface area contributed by atoms with Crippen LogP contribution in [-0.4, -0.2) is 36.8 Å².